The molecule has 1 fully saturated rings. The Morgan fingerprint density at radius 3 is 2.90 bits per heavy atom. The predicted molar refractivity (Wildman–Crippen MR) is 112 cm³/mol. The number of benzene rings is 1. The van der Waals surface area contributed by atoms with E-state index in [2.05, 4.69) is 31.2 Å². The number of carbonyl (C=O) groups is 1. The first-order valence-corrected chi connectivity index (χ1v) is 10.1. The maximum absolute atomic E-state index is 12.1. The fourth-order valence-corrected chi connectivity index (χ4v) is 3.92. The Balaban J connectivity index is 1.62. The largest absolute Gasteiger partial charge is 0.319 e. The van der Waals surface area contributed by atoms with Crippen LogP contribution in [0.1, 0.15) is 46.7 Å². The van der Waals surface area contributed by atoms with Gasteiger partial charge in [0.05, 0.1) is 11.0 Å². The molecule has 2 aromatic heterocycles. The second-order valence-corrected chi connectivity index (χ2v) is 7.38. The highest BCUT2D eigenvalue weighted by Gasteiger charge is 2.23. The van der Waals surface area contributed by atoms with Gasteiger partial charge in [-0.2, -0.15) is 0 Å². The Morgan fingerprint density at radius 1 is 1.24 bits per heavy atom. The van der Waals surface area contributed by atoms with Crippen molar-refractivity contribution < 1.29 is 4.79 Å². The van der Waals surface area contributed by atoms with Crippen molar-refractivity contribution in [2.24, 2.45) is 0 Å². The quantitative estimate of drug-likeness (QED) is 0.648. The average molecular weight is 391 g/mol. The summed E-state index contributed by atoms with van der Waals surface area (Å²) in [5.74, 6) is 0. The molecule has 3 aromatic rings. The van der Waals surface area contributed by atoms with Crippen molar-refractivity contribution in [2.45, 2.75) is 32.4 Å². The number of aryl methyl sites for hydroxylation is 1. The van der Waals surface area contributed by atoms with Gasteiger partial charge in [-0.25, -0.2) is 4.98 Å². The summed E-state index contributed by atoms with van der Waals surface area (Å²) in [6, 6.07) is 10.1. The van der Waals surface area contributed by atoms with Crippen LogP contribution in [0.5, 0.6) is 0 Å². The lowest BCUT2D eigenvalue weighted by Gasteiger charge is -2.30. The van der Waals surface area contributed by atoms with Gasteiger partial charge in [-0.15, -0.1) is 0 Å². The van der Waals surface area contributed by atoms with Crippen LogP contribution < -0.4 is 10.9 Å². The molecule has 1 aromatic carbocycles. The average Bonchev–Trinajstić information content (AvgIpc) is 2.98. The lowest BCUT2D eigenvalue weighted by Crippen LogP contribution is -2.30. The smallest absolute Gasteiger partial charge is 0.270 e. The SMILES string of the molecule is CCc1nc2ccc(CN3CCNCCC3c3ccc(C=O)nc3)cc2[nH]c1=O. The number of aldehydes is 1. The van der Waals surface area contributed by atoms with Crippen LogP contribution in [-0.2, 0) is 13.0 Å². The summed E-state index contributed by atoms with van der Waals surface area (Å²) >= 11 is 0. The van der Waals surface area contributed by atoms with Gasteiger partial charge >= 0.3 is 0 Å². The molecule has 1 saturated heterocycles. The number of rotatable bonds is 5. The first kappa shape index (κ1) is 19.4. The van der Waals surface area contributed by atoms with E-state index in [9.17, 15) is 9.59 Å². The molecular weight excluding hydrogens is 366 g/mol. The highest BCUT2D eigenvalue weighted by Crippen LogP contribution is 2.27. The van der Waals surface area contributed by atoms with E-state index < -0.39 is 0 Å². The molecule has 150 valence electrons. The molecule has 7 nitrogen and oxygen atoms in total. The molecule has 0 amide bonds. The van der Waals surface area contributed by atoms with Gasteiger partial charge in [0.25, 0.3) is 5.56 Å². The zero-order valence-corrected chi connectivity index (χ0v) is 16.5. The van der Waals surface area contributed by atoms with E-state index in [-0.39, 0.29) is 11.6 Å². The topological polar surface area (TPSA) is 91.0 Å². The number of nitrogens with zero attached hydrogens (tertiary/aromatic N) is 3. The van der Waals surface area contributed by atoms with Crippen molar-refractivity contribution in [1.29, 1.82) is 0 Å². The van der Waals surface area contributed by atoms with Crippen molar-refractivity contribution in [3.8, 4) is 0 Å². The van der Waals surface area contributed by atoms with Crippen LogP contribution in [0.25, 0.3) is 11.0 Å². The number of fused-ring (bicyclic) bond motifs is 1. The van der Waals surface area contributed by atoms with Crippen molar-refractivity contribution in [2.75, 3.05) is 19.6 Å². The third-order valence-corrected chi connectivity index (χ3v) is 5.47. The Hall–Kier alpha value is -2.90. The molecule has 1 unspecified atom stereocenters. The Labute approximate surface area is 169 Å². The highest BCUT2D eigenvalue weighted by molar-refractivity contribution is 5.74. The monoisotopic (exact) mass is 391 g/mol. The van der Waals surface area contributed by atoms with Crippen LogP contribution in [0.3, 0.4) is 0 Å². The van der Waals surface area contributed by atoms with Gasteiger partial charge in [0.1, 0.15) is 11.4 Å². The summed E-state index contributed by atoms with van der Waals surface area (Å²) in [4.78, 5) is 37.1. The number of H-pyrrole nitrogens is 1. The molecule has 1 atom stereocenters. The second-order valence-electron chi connectivity index (χ2n) is 7.38. The maximum Gasteiger partial charge on any atom is 0.270 e. The molecule has 3 heterocycles. The molecule has 0 saturated carbocycles. The van der Waals surface area contributed by atoms with Crippen LogP contribution in [0.15, 0.2) is 41.3 Å². The molecule has 4 rings (SSSR count). The molecule has 2 N–H and O–H groups in total. The normalized spacial score (nSPS) is 17.9. The number of pyridine rings is 1. The Kier molecular flexibility index (Phi) is 5.78. The third kappa shape index (κ3) is 4.26. The molecule has 0 bridgehead atoms. The third-order valence-electron chi connectivity index (χ3n) is 5.47. The summed E-state index contributed by atoms with van der Waals surface area (Å²) in [7, 11) is 0. The lowest BCUT2D eigenvalue weighted by atomic mass is 10.0. The van der Waals surface area contributed by atoms with E-state index in [1.165, 1.54) is 0 Å². The zero-order chi connectivity index (χ0) is 20.2. The van der Waals surface area contributed by atoms with Crippen molar-refractivity contribution >= 4 is 17.3 Å². The van der Waals surface area contributed by atoms with Gasteiger partial charge in [-0.1, -0.05) is 19.1 Å². The van der Waals surface area contributed by atoms with Crippen LogP contribution in [0.2, 0.25) is 0 Å². The van der Waals surface area contributed by atoms with E-state index in [0.29, 0.717) is 17.8 Å². The fourth-order valence-electron chi connectivity index (χ4n) is 3.92. The number of aromatic nitrogens is 3. The second kappa shape index (κ2) is 8.63. The number of nitrogens with one attached hydrogen (secondary N) is 2. The molecule has 0 aliphatic carbocycles. The molecule has 1 aliphatic rings. The van der Waals surface area contributed by atoms with Gasteiger partial charge in [0, 0.05) is 31.9 Å². The first-order chi connectivity index (χ1) is 14.2. The Morgan fingerprint density at radius 2 is 2.14 bits per heavy atom. The van der Waals surface area contributed by atoms with Gasteiger partial charge in [0.15, 0.2) is 6.29 Å². The minimum atomic E-state index is -0.115. The predicted octanol–water partition coefficient (Wildman–Crippen LogP) is 2.23. The first-order valence-electron chi connectivity index (χ1n) is 10.1. The number of carbonyl (C=O) groups excluding carboxylic acids is 1. The van der Waals surface area contributed by atoms with Gasteiger partial charge < -0.3 is 10.3 Å². The standard InChI is InChI=1S/C22H25N5O2/c1-2-18-22(29)26-20-11-15(3-6-19(20)25-18)13-27-10-9-23-8-7-21(27)16-4-5-17(14-28)24-12-16/h3-6,11-12,14,21,23H,2,7-10,13H2,1H3,(H,26,29). The number of aromatic amines is 1. The molecule has 1 aliphatic heterocycles. The summed E-state index contributed by atoms with van der Waals surface area (Å²) in [5, 5.41) is 3.46. The van der Waals surface area contributed by atoms with Crippen molar-refractivity contribution in [3.05, 3.63) is 69.4 Å². The molecule has 0 radical (unpaired) electrons. The summed E-state index contributed by atoms with van der Waals surface area (Å²) in [6.07, 6.45) is 4.16. The van der Waals surface area contributed by atoms with E-state index in [1.807, 2.05) is 25.1 Å². The minimum Gasteiger partial charge on any atom is -0.319 e. The van der Waals surface area contributed by atoms with Gasteiger partial charge in [-0.05, 0) is 48.7 Å². The molecule has 0 spiro atoms. The molecular formula is C22H25N5O2. The molecule has 29 heavy (non-hydrogen) atoms. The van der Waals surface area contributed by atoms with Gasteiger partial charge in [0.2, 0.25) is 0 Å². The number of hydrogen-bond acceptors (Lipinski definition) is 6. The van der Waals surface area contributed by atoms with Gasteiger partial charge in [-0.3, -0.25) is 19.5 Å². The van der Waals surface area contributed by atoms with Crippen LogP contribution in [-0.4, -0.2) is 45.8 Å². The summed E-state index contributed by atoms with van der Waals surface area (Å²) < 4.78 is 0. The zero-order valence-electron chi connectivity index (χ0n) is 16.5. The number of hydrogen-bond donors (Lipinski definition) is 2. The van der Waals surface area contributed by atoms with E-state index in [0.717, 1.165) is 61.0 Å². The maximum atomic E-state index is 12.1. The van der Waals surface area contributed by atoms with Crippen molar-refractivity contribution in [1.82, 2.24) is 25.2 Å². The minimum absolute atomic E-state index is 0.115. The summed E-state index contributed by atoms with van der Waals surface area (Å²) in [5.41, 5.74) is 4.72. The molecule has 7 heteroatoms. The van der Waals surface area contributed by atoms with E-state index in [4.69, 9.17) is 0 Å². The van der Waals surface area contributed by atoms with Crippen molar-refractivity contribution in [3.63, 3.8) is 0 Å². The van der Waals surface area contributed by atoms with Crippen LogP contribution in [0, 0.1) is 0 Å². The highest BCUT2D eigenvalue weighted by atomic mass is 16.1. The fraction of sp³-hybridized carbons (Fsp3) is 0.364. The lowest BCUT2D eigenvalue weighted by molar-refractivity contribution is 0.111. The van der Waals surface area contributed by atoms with E-state index >= 15 is 0 Å². The Bertz CT molecular complexity index is 1060. The van der Waals surface area contributed by atoms with Crippen LogP contribution >= 0.6 is 0 Å². The van der Waals surface area contributed by atoms with Crippen LogP contribution in [0.4, 0.5) is 0 Å². The van der Waals surface area contributed by atoms with E-state index in [1.54, 1.807) is 12.3 Å². The summed E-state index contributed by atoms with van der Waals surface area (Å²) in [6.45, 7) is 5.45.